The fraction of sp³-hybridized carbons (Fsp3) is 0.714. The fourth-order valence-electron chi connectivity index (χ4n) is 4.20. The van der Waals surface area contributed by atoms with E-state index in [1.807, 2.05) is 18.2 Å². The molecule has 0 bridgehead atoms. The zero-order chi connectivity index (χ0) is 26.4. The van der Waals surface area contributed by atoms with Gasteiger partial charge in [0.1, 0.15) is 12.1 Å². The maximum atomic E-state index is 12.9. The van der Waals surface area contributed by atoms with Crippen LogP contribution in [-0.2, 0) is 25.7 Å². The van der Waals surface area contributed by atoms with Crippen LogP contribution in [0, 0.1) is 0 Å². The summed E-state index contributed by atoms with van der Waals surface area (Å²) in [5.41, 5.74) is 6.17. The average Bonchev–Trinajstić information content (AvgIpc) is 2.84. The molecule has 0 fully saturated rings. The molecule has 1 heterocycles. The molecule has 0 aliphatic heterocycles. The van der Waals surface area contributed by atoms with Gasteiger partial charge in [-0.15, -0.1) is 0 Å². The van der Waals surface area contributed by atoms with E-state index in [1.54, 1.807) is 6.20 Å². The molecule has 0 saturated carbocycles. The summed E-state index contributed by atoms with van der Waals surface area (Å²) in [5, 5.41) is 12.1. The maximum Gasteiger partial charge on any atom is 0.323 e. The fourth-order valence-corrected chi connectivity index (χ4v) is 4.20. The van der Waals surface area contributed by atoms with Crippen molar-refractivity contribution >= 4 is 17.8 Å². The summed E-state index contributed by atoms with van der Waals surface area (Å²) in [6, 6.07) is 4.83. The van der Waals surface area contributed by atoms with Gasteiger partial charge >= 0.3 is 11.9 Å². The molecule has 1 aromatic rings. The summed E-state index contributed by atoms with van der Waals surface area (Å²) in [5.74, 6) is -1.89. The number of carbonyl (C=O) groups is 3. The lowest BCUT2D eigenvalue weighted by Crippen LogP contribution is -2.40. The molecule has 2 atom stereocenters. The molecule has 8 heteroatoms. The first-order valence-corrected chi connectivity index (χ1v) is 13.8. The Morgan fingerprint density at radius 3 is 2.14 bits per heavy atom. The van der Waals surface area contributed by atoms with E-state index < -0.39 is 30.0 Å². The standard InChI is InChI=1S/C28H47N3O5/c1-2-3-4-5-6-7-8-9-10-11-12-17-24(21-26(29)32)36-28(35)25(18-15-19-27(33)34)31-22-23-16-13-14-20-30-23/h13-14,16,20,24-25,31H,2-12,15,17-19,21-22H2,1H3,(H2,29,32)(H,33,34)/t24-,25-/m0/s1. The van der Waals surface area contributed by atoms with Gasteiger partial charge in [0.05, 0.1) is 12.1 Å². The van der Waals surface area contributed by atoms with Gasteiger partial charge in [-0.1, -0.05) is 77.2 Å². The number of nitrogens with zero attached hydrogens (tertiary/aromatic N) is 1. The van der Waals surface area contributed by atoms with E-state index in [0.717, 1.165) is 25.0 Å². The lowest BCUT2D eigenvalue weighted by Gasteiger charge is -2.22. The number of unbranched alkanes of at least 4 members (excludes halogenated alkanes) is 10. The van der Waals surface area contributed by atoms with E-state index in [-0.39, 0.29) is 12.8 Å². The predicted molar refractivity (Wildman–Crippen MR) is 141 cm³/mol. The molecule has 1 amide bonds. The summed E-state index contributed by atoms with van der Waals surface area (Å²) in [7, 11) is 0. The average molecular weight is 506 g/mol. The zero-order valence-electron chi connectivity index (χ0n) is 22.1. The van der Waals surface area contributed by atoms with Gasteiger partial charge in [0.25, 0.3) is 0 Å². The Morgan fingerprint density at radius 1 is 0.944 bits per heavy atom. The van der Waals surface area contributed by atoms with Crippen molar-refractivity contribution in [1.82, 2.24) is 10.3 Å². The number of primary amides is 1. The molecule has 0 unspecified atom stereocenters. The number of carboxylic acid groups (broad SMARTS) is 1. The monoisotopic (exact) mass is 505 g/mol. The number of carboxylic acids is 1. The van der Waals surface area contributed by atoms with Gasteiger partial charge in [0, 0.05) is 19.2 Å². The van der Waals surface area contributed by atoms with Gasteiger partial charge in [-0.05, 0) is 37.8 Å². The Kier molecular flexibility index (Phi) is 18.1. The van der Waals surface area contributed by atoms with E-state index in [4.69, 9.17) is 15.6 Å². The minimum atomic E-state index is -0.907. The normalized spacial score (nSPS) is 12.7. The molecule has 4 N–H and O–H groups in total. The van der Waals surface area contributed by atoms with Crippen LogP contribution < -0.4 is 11.1 Å². The summed E-state index contributed by atoms with van der Waals surface area (Å²) in [4.78, 5) is 39.6. The summed E-state index contributed by atoms with van der Waals surface area (Å²) >= 11 is 0. The second-order valence-electron chi connectivity index (χ2n) is 9.59. The molecule has 0 aliphatic carbocycles. The van der Waals surface area contributed by atoms with E-state index in [1.165, 1.54) is 51.4 Å². The van der Waals surface area contributed by atoms with Crippen molar-refractivity contribution in [2.75, 3.05) is 0 Å². The van der Waals surface area contributed by atoms with Gasteiger partial charge in [-0.25, -0.2) is 0 Å². The number of aromatic nitrogens is 1. The minimum Gasteiger partial charge on any atom is -0.481 e. The second kappa shape index (κ2) is 20.7. The Hall–Kier alpha value is -2.48. The number of esters is 1. The van der Waals surface area contributed by atoms with Gasteiger partial charge in [-0.2, -0.15) is 0 Å². The third-order valence-electron chi connectivity index (χ3n) is 6.27. The van der Waals surface area contributed by atoms with Crippen LogP contribution in [0.15, 0.2) is 24.4 Å². The molecule has 0 saturated heterocycles. The Labute approximate surface area is 216 Å². The number of ether oxygens (including phenoxy) is 1. The third-order valence-corrected chi connectivity index (χ3v) is 6.27. The number of carbonyl (C=O) groups excluding carboxylic acids is 2. The van der Waals surface area contributed by atoms with E-state index in [0.29, 0.717) is 25.8 Å². The molecular formula is C28H47N3O5. The van der Waals surface area contributed by atoms with Crippen LogP contribution in [0.3, 0.4) is 0 Å². The summed E-state index contributed by atoms with van der Waals surface area (Å²) in [6.07, 6.45) is 15.7. The van der Waals surface area contributed by atoms with Gasteiger partial charge in [-0.3, -0.25) is 24.7 Å². The van der Waals surface area contributed by atoms with Crippen molar-refractivity contribution in [3.05, 3.63) is 30.1 Å². The molecule has 0 aromatic carbocycles. The Morgan fingerprint density at radius 2 is 1.58 bits per heavy atom. The van der Waals surface area contributed by atoms with E-state index >= 15 is 0 Å². The minimum absolute atomic E-state index is 0.00835. The molecule has 0 aliphatic rings. The van der Waals surface area contributed by atoms with E-state index in [9.17, 15) is 14.4 Å². The van der Waals surface area contributed by atoms with Crippen LogP contribution in [0.2, 0.25) is 0 Å². The molecule has 204 valence electrons. The van der Waals surface area contributed by atoms with Crippen LogP contribution in [0.5, 0.6) is 0 Å². The highest BCUT2D eigenvalue weighted by Gasteiger charge is 2.24. The number of aliphatic carboxylic acids is 1. The number of nitrogens with one attached hydrogen (secondary N) is 1. The molecule has 0 spiro atoms. The predicted octanol–water partition coefficient (Wildman–Crippen LogP) is 5.28. The number of hydrogen-bond acceptors (Lipinski definition) is 6. The lowest BCUT2D eigenvalue weighted by molar-refractivity contribution is -0.153. The number of amides is 1. The number of pyridine rings is 1. The first kappa shape index (κ1) is 31.5. The first-order chi connectivity index (χ1) is 17.4. The van der Waals surface area contributed by atoms with Crippen molar-refractivity contribution in [2.45, 2.75) is 128 Å². The highest BCUT2D eigenvalue weighted by Crippen LogP contribution is 2.16. The van der Waals surface area contributed by atoms with Crippen LogP contribution in [0.4, 0.5) is 0 Å². The zero-order valence-corrected chi connectivity index (χ0v) is 22.1. The van der Waals surface area contributed by atoms with Crippen molar-refractivity contribution in [3.63, 3.8) is 0 Å². The van der Waals surface area contributed by atoms with Crippen molar-refractivity contribution in [2.24, 2.45) is 5.73 Å². The van der Waals surface area contributed by atoms with Crippen LogP contribution in [-0.4, -0.2) is 40.1 Å². The number of hydrogen-bond donors (Lipinski definition) is 3. The lowest BCUT2D eigenvalue weighted by atomic mass is 10.0. The van der Waals surface area contributed by atoms with E-state index in [2.05, 4.69) is 17.2 Å². The molecule has 0 radical (unpaired) electrons. The maximum absolute atomic E-state index is 12.9. The number of nitrogens with two attached hydrogens (primary N) is 1. The topological polar surface area (TPSA) is 132 Å². The van der Waals surface area contributed by atoms with Crippen LogP contribution >= 0.6 is 0 Å². The second-order valence-corrected chi connectivity index (χ2v) is 9.59. The SMILES string of the molecule is CCCCCCCCCCCCC[C@@H](CC(N)=O)OC(=O)[C@H](CCCC(=O)O)NCc1ccccn1. The first-order valence-electron chi connectivity index (χ1n) is 13.8. The van der Waals surface area contributed by atoms with Crippen LogP contribution in [0.1, 0.15) is 115 Å². The highest BCUT2D eigenvalue weighted by atomic mass is 16.5. The molecular weight excluding hydrogens is 458 g/mol. The summed E-state index contributed by atoms with van der Waals surface area (Å²) < 4.78 is 5.69. The van der Waals surface area contributed by atoms with Gasteiger partial charge in [0.2, 0.25) is 5.91 Å². The van der Waals surface area contributed by atoms with Crippen molar-refractivity contribution in [1.29, 1.82) is 0 Å². The molecule has 1 aromatic heterocycles. The van der Waals surface area contributed by atoms with Crippen molar-refractivity contribution < 1.29 is 24.2 Å². The number of rotatable bonds is 23. The van der Waals surface area contributed by atoms with Crippen LogP contribution in [0.25, 0.3) is 0 Å². The third kappa shape index (κ3) is 17.0. The molecule has 1 rings (SSSR count). The Balaban J connectivity index is 2.45. The largest absolute Gasteiger partial charge is 0.481 e. The highest BCUT2D eigenvalue weighted by molar-refractivity contribution is 5.78. The van der Waals surface area contributed by atoms with Crippen molar-refractivity contribution in [3.8, 4) is 0 Å². The summed E-state index contributed by atoms with van der Waals surface area (Å²) in [6.45, 7) is 2.59. The quantitative estimate of drug-likeness (QED) is 0.136. The molecule has 36 heavy (non-hydrogen) atoms. The van der Waals surface area contributed by atoms with Gasteiger partial charge < -0.3 is 15.6 Å². The Bertz CT molecular complexity index is 729. The smallest absolute Gasteiger partial charge is 0.323 e. The van der Waals surface area contributed by atoms with Gasteiger partial charge in [0.15, 0.2) is 0 Å². The molecule has 8 nitrogen and oxygen atoms in total.